The van der Waals surface area contributed by atoms with Gasteiger partial charge in [-0.2, -0.15) is 8.78 Å². The molecule has 0 bridgehead atoms. The molecule has 2 saturated heterocycles. The standard InChI is InChI=1S/C50H54BrF2N6O10PS/c1-49(2,3)43(56-45(63)40-28-31-27-32(15-21-39(31)71-40)50(52,53)70(67,68)69)48(66)58-25-10-14-38(58)47(65)57(34-18-16-33(51)17-19-34)26-23-41(60)54-24-8-6-4-5-7-11-30-12-9-13-35-36(30)29-59(46(35)64)37-20-22-42(61)55-44(37)62/h9,12-13,15-19,21,27-28,37-38,43H,4-6,8,10,14,20,22-26,29H2,1-3H3,(H,54,60)(H,56,63)(H,55,61,62)(H2,67,68,69)/t37?,38-,43+/m0/s1. The number of halogens is 3. The molecule has 71 heavy (non-hydrogen) atoms. The first kappa shape index (κ1) is 53.0. The number of nitrogens with one attached hydrogen (secondary N) is 3. The lowest BCUT2D eigenvalue weighted by molar-refractivity contribution is -0.141. The van der Waals surface area contributed by atoms with Crippen molar-refractivity contribution >= 4 is 92.0 Å². The van der Waals surface area contributed by atoms with Gasteiger partial charge < -0.3 is 35.1 Å². The number of alkyl halides is 2. The summed E-state index contributed by atoms with van der Waals surface area (Å²) >= 11 is 4.39. The average molecular weight is 1080 g/mol. The molecule has 376 valence electrons. The summed E-state index contributed by atoms with van der Waals surface area (Å²) in [4.78, 5) is 116. The van der Waals surface area contributed by atoms with Crippen LogP contribution in [0.15, 0.2) is 71.2 Å². The zero-order valence-corrected chi connectivity index (χ0v) is 42.6. The molecular formula is C50H54BrF2N6O10PS. The molecule has 16 nitrogen and oxygen atoms in total. The van der Waals surface area contributed by atoms with Gasteiger partial charge in [0.1, 0.15) is 18.1 Å². The van der Waals surface area contributed by atoms with Crippen molar-refractivity contribution in [1.82, 2.24) is 25.8 Å². The fraction of sp³-hybridized carbons (Fsp3) is 0.420. The molecule has 4 aromatic rings. The van der Waals surface area contributed by atoms with Crippen molar-refractivity contribution in [2.75, 3.05) is 24.5 Å². The predicted molar refractivity (Wildman–Crippen MR) is 265 cm³/mol. The fourth-order valence-electron chi connectivity index (χ4n) is 8.89. The van der Waals surface area contributed by atoms with Crippen LogP contribution in [0.4, 0.5) is 14.5 Å². The van der Waals surface area contributed by atoms with E-state index in [2.05, 4.69) is 43.7 Å². The number of anilines is 1. The van der Waals surface area contributed by atoms with E-state index in [4.69, 9.17) is 0 Å². The molecule has 3 aliphatic rings. The number of likely N-dealkylation sites (tertiary alicyclic amines) is 1. The molecular weight excluding hydrogens is 1030 g/mol. The van der Waals surface area contributed by atoms with Gasteiger partial charge in [-0.1, -0.05) is 67.1 Å². The monoisotopic (exact) mass is 1080 g/mol. The maximum atomic E-state index is 14.5. The molecule has 1 aromatic heterocycles. The van der Waals surface area contributed by atoms with E-state index in [9.17, 15) is 56.7 Å². The topological polar surface area (TPSA) is 223 Å². The SMILES string of the molecule is CC(C)(C)[C@H](NC(=O)c1cc2cc(C(F)(F)P(=O)(O)O)ccc2s1)C(=O)N1CCC[C@H]1C(=O)N(CCC(=O)NCCCCCC#Cc1cccc2c1CN(C1CCC(=O)NC1=O)C2=O)c1ccc(Br)cc1. The quantitative estimate of drug-likeness (QED) is 0.0337. The van der Waals surface area contributed by atoms with E-state index in [-0.39, 0.29) is 66.9 Å². The second kappa shape index (κ2) is 21.9. The zero-order chi connectivity index (χ0) is 51.4. The molecule has 0 radical (unpaired) electrons. The Morgan fingerprint density at radius 2 is 1.75 bits per heavy atom. The summed E-state index contributed by atoms with van der Waals surface area (Å²) in [6.07, 6.45) is 4.09. The van der Waals surface area contributed by atoms with E-state index in [0.29, 0.717) is 53.7 Å². The number of nitrogens with zero attached hydrogens (tertiary/aromatic N) is 3. The zero-order valence-electron chi connectivity index (χ0n) is 39.3. The normalized spacial score (nSPS) is 17.6. The molecule has 5 N–H and O–H groups in total. The fourth-order valence-corrected chi connectivity index (χ4v) is 10.6. The molecule has 7 amide bonds. The van der Waals surface area contributed by atoms with Gasteiger partial charge in [0.25, 0.3) is 11.8 Å². The molecule has 4 heterocycles. The molecule has 3 atom stereocenters. The number of carbonyl (C=O) groups excluding carboxylic acids is 7. The number of thiophene rings is 1. The van der Waals surface area contributed by atoms with E-state index in [1.54, 1.807) is 57.2 Å². The molecule has 0 saturated carbocycles. The van der Waals surface area contributed by atoms with Gasteiger partial charge in [0.05, 0.1) is 4.88 Å². The van der Waals surface area contributed by atoms with Gasteiger partial charge in [-0.15, -0.1) is 11.3 Å². The number of piperidine rings is 1. The van der Waals surface area contributed by atoms with Crippen LogP contribution in [0.25, 0.3) is 10.1 Å². The predicted octanol–water partition coefficient (Wildman–Crippen LogP) is 6.94. The average Bonchev–Trinajstić information content (AvgIpc) is 4.06. The summed E-state index contributed by atoms with van der Waals surface area (Å²) in [6.45, 7) is 6.18. The molecule has 3 aliphatic heterocycles. The largest absolute Gasteiger partial charge is 0.399 e. The maximum Gasteiger partial charge on any atom is 0.399 e. The molecule has 2 fully saturated rings. The summed E-state index contributed by atoms with van der Waals surface area (Å²) in [5.41, 5.74) is -3.70. The van der Waals surface area contributed by atoms with E-state index in [1.807, 2.05) is 6.07 Å². The summed E-state index contributed by atoms with van der Waals surface area (Å²) in [6, 6.07) is 14.0. The molecule has 3 aromatic carbocycles. The number of hydrogen-bond acceptors (Lipinski definition) is 9. The van der Waals surface area contributed by atoms with E-state index >= 15 is 0 Å². The van der Waals surface area contributed by atoms with Gasteiger partial charge in [0, 0.05) is 77.0 Å². The van der Waals surface area contributed by atoms with Crippen molar-refractivity contribution in [3.05, 3.63) is 98.3 Å². The van der Waals surface area contributed by atoms with Crippen LogP contribution in [0.3, 0.4) is 0 Å². The third-order valence-electron chi connectivity index (χ3n) is 12.7. The van der Waals surface area contributed by atoms with Crippen LogP contribution in [-0.4, -0.2) is 98.7 Å². The highest BCUT2D eigenvalue weighted by molar-refractivity contribution is 9.10. The van der Waals surface area contributed by atoms with Gasteiger partial charge in [-0.3, -0.25) is 43.4 Å². The number of fused-ring (bicyclic) bond motifs is 2. The minimum atomic E-state index is -5.83. The Bertz CT molecular complexity index is 2870. The number of benzene rings is 3. The van der Waals surface area contributed by atoms with Crippen LogP contribution in [0.5, 0.6) is 0 Å². The van der Waals surface area contributed by atoms with Crippen LogP contribution in [0.2, 0.25) is 0 Å². The van der Waals surface area contributed by atoms with Gasteiger partial charge in [0.15, 0.2) is 0 Å². The van der Waals surface area contributed by atoms with Crippen LogP contribution >= 0.6 is 34.9 Å². The van der Waals surface area contributed by atoms with Crippen LogP contribution in [-0.2, 0) is 40.7 Å². The highest BCUT2D eigenvalue weighted by atomic mass is 79.9. The lowest BCUT2D eigenvalue weighted by Gasteiger charge is -2.36. The van der Waals surface area contributed by atoms with Gasteiger partial charge in [0.2, 0.25) is 29.5 Å². The summed E-state index contributed by atoms with van der Waals surface area (Å²) in [5, 5.41) is 8.21. The second-order valence-corrected chi connectivity index (χ2v) is 22.5. The van der Waals surface area contributed by atoms with Gasteiger partial charge in [-0.05, 0) is 103 Å². The molecule has 0 spiro atoms. The third kappa shape index (κ3) is 12.1. The highest BCUT2D eigenvalue weighted by Gasteiger charge is 2.50. The van der Waals surface area contributed by atoms with Gasteiger partial charge in [-0.25, -0.2) is 0 Å². The molecule has 1 unspecified atom stereocenters. The minimum Gasteiger partial charge on any atom is -0.356 e. The van der Waals surface area contributed by atoms with E-state index in [0.717, 1.165) is 46.3 Å². The van der Waals surface area contributed by atoms with Crippen LogP contribution < -0.4 is 20.9 Å². The van der Waals surface area contributed by atoms with E-state index < -0.39 is 66.0 Å². The Balaban J connectivity index is 0.922. The van der Waals surface area contributed by atoms with Crippen molar-refractivity contribution in [2.24, 2.45) is 5.41 Å². The maximum absolute atomic E-state index is 14.5. The summed E-state index contributed by atoms with van der Waals surface area (Å²) in [7, 11) is -5.83. The summed E-state index contributed by atoms with van der Waals surface area (Å²) in [5.74, 6) is 3.46. The van der Waals surface area contributed by atoms with Crippen molar-refractivity contribution in [1.29, 1.82) is 0 Å². The first-order valence-electron chi connectivity index (χ1n) is 23.2. The van der Waals surface area contributed by atoms with Crippen LogP contribution in [0.1, 0.15) is 115 Å². The Morgan fingerprint density at radius 3 is 2.45 bits per heavy atom. The lowest BCUT2D eigenvalue weighted by Crippen LogP contribution is -2.58. The van der Waals surface area contributed by atoms with Crippen molar-refractivity contribution in [2.45, 2.75) is 109 Å². The summed E-state index contributed by atoms with van der Waals surface area (Å²) < 4.78 is 41.6. The van der Waals surface area contributed by atoms with E-state index in [1.165, 1.54) is 26.8 Å². The van der Waals surface area contributed by atoms with Crippen molar-refractivity contribution in [3.63, 3.8) is 0 Å². The van der Waals surface area contributed by atoms with Crippen LogP contribution in [0, 0.1) is 17.3 Å². The number of unbranched alkanes of at least 4 members (excludes halogenated alkanes) is 3. The van der Waals surface area contributed by atoms with Crippen molar-refractivity contribution < 1.29 is 56.7 Å². The first-order valence-corrected chi connectivity index (χ1v) is 26.5. The molecule has 0 aliphatic carbocycles. The van der Waals surface area contributed by atoms with Crippen molar-refractivity contribution in [3.8, 4) is 11.8 Å². The Labute approximate surface area is 421 Å². The number of amides is 7. The Hall–Kier alpha value is -5.84. The second-order valence-electron chi connectivity index (χ2n) is 18.8. The smallest absolute Gasteiger partial charge is 0.356 e. The number of hydrogen-bond donors (Lipinski definition) is 5. The Kier molecular flexibility index (Phi) is 16.3. The minimum absolute atomic E-state index is 0.0207. The lowest BCUT2D eigenvalue weighted by atomic mass is 9.85. The third-order valence-corrected chi connectivity index (χ3v) is 15.4. The number of rotatable bonds is 16. The Morgan fingerprint density at radius 1 is 1.00 bits per heavy atom. The number of imide groups is 1. The molecule has 21 heteroatoms. The highest BCUT2D eigenvalue weighted by Crippen LogP contribution is 2.59. The first-order chi connectivity index (χ1) is 33.5. The van der Waals surface area contributed by atoms with Gasteiger partial charge >= 0.3 is 13.3 Å². The number of carbonyl (C=O) groups is 7. The molecule has 7 rings (SSSR count).